The van der Waals surface area contributed by atoms with Gasteiger partial charge < -0.3 is 10.1 Å². The summed E-state index contributed by atoms with van der Waals surface area (Å²) >= 11 is 12.2. The van der Waals surface area contributed by atoms with Gasteiger partial charge in [-0.1, -0.05) is 42.1 Å². The van der Waals surface area contributed by atoms with Crippen molar-refractivity contribution in [2.45, 2.75) is 38.6 Å². The second-order valence-corrected chi connectivity index (χ2v) is 8.67. The van der Waals surface area contributed by atoms with Gasteiger partial charge in [-0.25, -0.2) is 0 Å². The van der Waals surface area contributed by atoms with Gasteiger partial charge in [0.25, 0.3) is 11.5 Å². The third-order valence-corrected chi connectivity index (χ3v) is 6.02. The Morgan fingerprint density at radius 1 is 1.30 bits per heavy atom. The Balaban J connectivity index is 1.84. The summed E-state index contributed by atoms with van der Waals surface area (Å²) in [5, 5.41) is 13.2. The van der Waals surface area contributed by atoms with Crippen molar-refractivity contribution in [3.05, 3.63) is 73.6 Å². The second kappa shape index (κ2) is 9.65. The molecule has 0 bridgehead atoms. The summed E-state index contributed by atoms with van der Waals surface area (Å²) in [4.78, 5) is 30.6. The molecule has 33 heavy (non-hydrogen) atoms. The van der Waals surface area contributed by atoms with Crippen molar-refractivity contribution in [2.24, 2.45) is 0 Å². The van der Waals surface area contributed by atoms with Crippen LogP contribution in [0.1, 0.15) is 36.8 Å². The first-order valence-corrected chi connectivity index (χ1v) is 11.2. The molecule has 0 spiro atoms. The third-order valence-electron chi connectivity index (χ3n) is 5.49. The monoisotopic (exact) mass is 482 g/mol. The number of nitrogens with one attached hydrogen (secondary N) is 1. The number of hydrogen-bond acceptors (Lipinski definition) is 5. The molecular weight excluding hydrogens is 463 g/mol. The largest absolute Gasteiger partial charge is 0.437 e. The average molecular weight is 483 g/mol. The molecule has 0 saturated heterocycles. The number of aryl methyl sites for hydroxylation is 1. The molecule has 1 fully saturated rings. The zero-order valence-electron chi connectivity index (χ0n) is 17.8. The van der Waals surface area contributed by atoms with Gasteiger partial charge in [0, 0.05) is 17.3 Å². The number of amides is 1. The minimum absolute atomic E-state index is 0.0244. The smallest absolute Gasteiger partial charge is 0.269 e. The van der Waals surface area contributed by atoms with E-state index < -0.39 is 11.5 Å². The molecule has 3 aromatic rings. The minimum atomic E-state index is -0.534. The van der Waals surface area contributed by atoms with Gasteiger partial charge >= 0.3 is 0 Å². The lowest BCUT2D eigenvalue weighted by Crippen LogP contribution is -2.33. The normalized spacial score (nSPS) is 14.3. The van der Waals surface area contributed by atoms with E-state index in [2.05, 4.69) is 10.3 Å². The van der Waals surface area contributed by atoms with Crippen LogP contribution in [0.5, 0.6) is 11.6 Å². The number of nitrogens with zero attached hydrogens (tertiary/aromatic N) is 3. The summed E-state index contributed by atoms with van der Waals surface area (Å²) in [6.07, 6.45) is 6.59. The third kappa shape index (κ3) is 4.87. The summed E-state index contributed by atoms with van der Waals surface area (Å²) in [5.74, 6) is -0.372. The first kappa shape index (κ1) is 22.8. The van der Waals surface area contributed by atoms with Crippen LogP contribution in [0.3, 0.4) is 0 Å². The van der Waals surface area contributed by atoms with Crippen molar-refractivity contribution < 1.29 is 9.53 Å². The van der Waals surface area contributed by atoms with Crippen LogP contribution in [0.15, 0.2) is 46.9 Å². The highest BCUT2D eigenvalue weighted by Gasteiger charge is 2.22. The van der Waals surface area contributed by atoms with E-state index >= 15 is 0 Å². The van der Waals surface area contributed by atoms with E-state index in [-0.39, 0.29) is 33.8 Å². The lowest BCUT2D eigenvalue weighted by Gasteiger charge is -2.13. The Morgan fingerprint density at radius 2 is 2.06 bits per heavy atom. The predicted octanol–water partition coefficient (Wildman–Crippen LogP) is 5.07. The summed E-state index contributed by atoms with van der Waals surface area (Å²) in [6, 6.07) is 10.1. The van der Waals surface area contributed by atoms with Crippen LogP contribution in [-0.4, -0.2) is 21.3 Å². The quantitative estimate of drug-likeness (QED) is 0.404. The van der Waals surface area contributed by atoms with Gasteiger partial charge in [-0.05, 0) is 55.7 Å². The molecule has 2 aromatic heterocycles. The predicted molar refractivity (Wildman–Crippen MR) is 127 cm³/mol. The van der Waals surface area contributed by atoms with E-state index in [4.69, 9.17) is 27.9 Å². The van der Waals surface area contributed by atoms with Gasteiger partial charge in [0.05, 0.1) is 5.02 Å². The number of pyridine rings is 1. The highest BCUT2D eigenvalue weighted by molar-refractivity contribution is 6.35. The van der Waals surface area contributed by atoms with E-state index in [1.54, 1.807) is 24.4 Å². The van der Waals surface area contributed by atoms with E-state index in [0.717, 1.165) is 31.2 Å². The van der Waals surface area contributed by atoms with Crippen LogP contribution >= 0.6 is 23.2 Å². The van der Waals surface area contributed by atoms with Gasteiger partial charge in [0.15, 0.2) is 0 Å². The fraction of sp³-hybridized carbons (Fsp3) is 0.250. The van der Waals surface area contributed by atoms with E-state index in [0.29, 0.717) is 10.7 Å². The molecular formula is C24H20Cl2N4O3. The fourth-order valence-corrected chi connectivity index (χ4v) is 4.23. The summed E-state index contributed by atoms with van der Waals surface area (Å²) in [6.45, 7) is 1.81. The number of benzene rings is 1. The molecule has 0 unspecified atom stereocenters. The van der Waals surface area contributed by atoms with Crippen LogP contribution in [0.4, 0.5) is 0 Å². The molecule has 7 nitrogen and oxygen atoms in total. The Bertz CT molecular complexity index is 1370. The average Bonchev–Trinajstić information content (AvgIpc) is 3.29. The molecule has 1 amide bonds. The first-order chi connectivity index (χ1) is 15.9. The number of rotatable bonds is 5. The van der Waals surface area contributed by atoms with Crippen molar-refractivity contribution in [3.8, 4) is 17.7 Å². The fourth-order valence-electron chi connectivity index (χ4n) is 3.78. The lowest BCUT2D eigenvalue weighted by molar-refractivity contribution is -0.117. The van der Waals surface area contributed by atoms with Crippen LogP contribution in [0.25, 0.3) is 11.7 Å². The maximum absolute atomic E-state index is 13.4. The number of aromatic nitrogens is 2. The number of hydrogen-bond donors (Lipinski definition) is 1. The molecule has 0 atom stereocenters. The standard InChI is InChI=1S/C24H20Cl2N4O3/c1-14-5-4-10-30-21(14)29-23(33-20-9-8-16(25)12-19(20)26)18(24(30)32)11-15(13-27)22(31)28-17-6-2-3-7-17/h4-5,8-12,17H,2-3,6-7H2,1H3,(H,28,31)/b15-11+. The molecule has 2 heterocycles. The summed E-state index contributed by atoms with van der Waals surface area (Å²) in [5.41, 5.74) is 0.401. The first-order valence-electron chi connectivity index (χ1n) is 10.4. The van der Waals surface area contributed by atoms with Crippen molar-refractivity contribution >= 4 is 40.8 Å². The van der Waals surface area contributed by atoms with Crippen LogP contribution in [0.2, 0.25) is 10.0 Å². The van der Waals surface area contributed by atoms with Gasteiger partial charge in [-0.15, -0.1) is 0 Å². The Morgan fingerprint density at radius 3 is 2.76 bits per heavy atom. The molecule has 1 aliphatic carbocycles. The van der Waals surface area contributed by atoms with E-state index in [1.165, 1.54) is 16.5 Å². The highest BCUT2D eigenvalue weighted by atomic mass is 35.5. The van der Waals surface area contributed by atoms with Crippen LogP contribution in [-0.2, 0) is 4.79 Å². The lowest BCUT2D eigenvalue weighted by atomic mass is 10.1. The Kier molecular flexibility index (Phi) is 6.68. The van der Waals surface area contributed by atoms with Gasteiger partial charge in [-0.3, -0.25) is 14.0 Å². The molecule has 1 N–H and O–H groups in total. The van der Waals surface area contributed by atoms with Crippen molar-refractivity contribution in [1.29, 1.82) is 5.26 Å². The number of fused-ring (bicyclic) bond motifs is 1. The number of carbonyl (C=O) groups excluding carboxylic acids is 1. The zero-order valence-corrected chi connectivity index (χ0v) is 19.3. The molecule has 168 valence electrons. The van der Waals surface area contributed by atoms with Crippen molar-refractivity contribution in [1.82, 2.24) is 14.7 Å². The number of halogens is 2. The maximum atomic E-state index is 13.4. The highest BCUT2D eigenvalue weighted by Crippen LogP contribution is 2.32. The zero-order chi connectivity index (χ0) is 23.5. The minimum Gasteiger partial charge on any atom is -0.437 e. The number of nitriles is 1. The van der Waals surface area contributed by atoms with Gasteiger partial charge in [0.2, 0.25) is 5.88 Å². The van der Waals surface area contributed by atoms with E-state index in [9.17, 15) is 14.9 Å². The summed E-state index contributed by atoms with van der Waals surface area (Å²) < 4.78 is 7.25. The second-order valence-electron chi connectivity index (χ2n) is 7.82. The molecule has 9 heteroatoms. The van der Waals surface area contributed by atoms with Crippen LogP contribution < -0.4 is 15.6 Å². The van der Waals surface area contributed by atoms with Crippen molar-refractivity contribution in [2.75, 3.05) is 0 Å². The molecule has 0 radical (unpaired) electrons. The van der Waals surface area contributed by atoms with Gasteiger partial charge in [0.1, 0.15) is 28.6 Å². The molecule has 0 aliphatic heterocycles. The Hall–Kier alpha value is -3.34. The van der Waals surface area contributed by atoms with Crippen LogP contribution in [0, 0.1) is 18.3 Å². The van der Waals surface area contributed by atoms with Crippen molar-refractivity contribution in [3.63, 3.8) is 0 Å². The Labute approximate surface area is 200 Å². The maximum Gasteiger partial charge on any atom is 0.269 e. The van der Waals surface area contributed by atoms with Gasteiger partial charge in [-0.2, -0.15) is 10.2 Å². The topological polar surface area (TPSA) is 96.5 Å². The number of ether oxygens (including phenoxy) is 1. The molecule has 1 aromatic carbocycles. The molecule has 4 rings (SSSR count). The molecule has 1 saturated carbocycles. The number of carbonyl (C=O) groups is 1. The SMILES string of the molecule is Cc1cccn2c(=O)c(/C=C(\C#N)C(=O)NC3CCCC3)c(Oc3ccc(Cl)cc3Cl)nc12. The van der Waals surface area contributed by atoms with E-state index in [1.807, 2.05) is 19.1 Å². The molecule has 1 aliphatic rings. The summed E-state index contributed by atoms with van der Waals surface area (Å²) in [7, 11) is 0.